The molecule has 0 aliphatic carbocycles. The van der Waals surface area contributed by atoms with Gasteiger partial charge in [0, 0.05) is 17.6 Å². The first-order valence-corrected chi connectivity index (χ1v) is 7.06. The Bertz CT molecular complexity index is 530. The summed E-state index contributed by atoms with van der Waals surface area (Å²) in [6, 6.07) is 2.21. The van der Waals surface area contributed by atoms with Crippen molar-refractivity contribution in [1.29, 1.82) is 0 Å². The summed E-state index contributed by atoms with van der Waals surface area (Å²) in [5.74, 6) is -1.40. The molecule has 4 nitrogen and oxygen atoms in total. The van der Waals surface area contributed by atoms with Crippen LogP contribution in [0.1, 0.15) is 12.5 Å². The summed E-state index contributed by atoms with van der Waals surface area (Å²) in [5.41, 5.74) is 6.46. The molecule has 0 radical (unpaired) electrons. The van der Waals surface area contributed by atoms with Crippen LogP contribution in [0.25, 0.3) is 0 Å². The number of benzene rings is 1. The molecule has 1 unspecified atom stereocenters. The highest BCUT2D eigenvalue weighted by molar-refractivity contribution is 14.0. The van der Waals surface area contributed by atoms with Gasteiger partial charge in [-0.1, -0.05) is 15.9 Å². The number of hydrogen-bond donors (Lipinski definition) is 1. The minimum Gasteiger partial charge on any atom is -0.375 e. The zero-order valence-corrected chi connectivity index (χ0v) is 15.4. The zero-order chi connectivity index (χ0) is 14.7. The standard InChI is InChI=1S/C13H16BrF2N3O.HI/c1-8-7-19(2-3-20-8)13(17)18-6-9-4-11(15)12(16)5-10(9)14;/h4-5,8H,2-3,6-7H2,1H3,(H2,17,18);1H. The molecule has 1 saturated heterocycles. The van der Waals surface area contributed by atoms with Crippen molar-refractivity contribution in [3.8, 4) is 0 Å². The Labute approximate surface area is 147 Å². The van der Waals surface area contributed by atoms with Gasteiger partial charge in [-0.25, -0.2) is 13.8 Å². The topological polar surface area (TPSA) is 50.8 Å². The Kier molecular flexibility index (Phi) is 7.28. The van der Waals surface area contributed by atoms with E-state index >= 15 is 0 Å². The van der Waals surface area contributed by atoms with Crippen molar-refractivity contribution in [2.24, 2.45) is 10.7 Å². The molecule has 0 aromatic heterocycles. The second kappa shape index (κ2) is 8.23. The molecule has 0 bridgehead atoms. The van der Waals surface area contributed by atoms with Gasteiger partial charge in [0.25, 0.3) is 0 Å². The molecule has 2 rings (SSSR count). The average Bonchev–Trinajstić information content (AvgIpc) is 2.41. The van der Waals surface area contributed by atoms with Crippen LogP contribution in [0.5, 0.6) is 0 Å². The van der Waals surface area contributed by atoms with E-state index in [0.717, 1.165) is 12.1 Å². The lowest BCUT2D eigenvalue weighted by Crippen LogP contribution is -2.47. The number of aliphatic imine (C=N–C) groups is 1. The van der Waals surface area contributed by atoms with E-state index in [-0.39, 0.29) is 36.6 Å². The van der Waals surface area contributed by atoms with Crippen LogP contribution >= 0.6 is 39.9 Å². The fourth-order valence-corrected chi connectivity index (χ4v) is 2.42. The second-order valence-electron chi connectivity index (χ2n) is 4.66. The highest BCUT2D eigenvalue weighted by atomic mass is 127. The number of nitrogens with two attached hydrogens (primary N) is 1. The first-order valence-electron chi connectivity index (χ1n) is 6.27. The zero-order valence-electron chi connectivity index (χ0n) is 11.5. The Hall–Kier alpha value is -0.480. The van der Waals surface area contributed by atoms with Crippen molar-refractivity contribution in [3.05, 3.63) is 33.8 Å². The van der Waals surface area contributed by atoms with E-state index < -0.39 is 11.6 Å². The second-order valence-corrected chi connectivity index (χ2v) is 5.51. The van der Waals surface area contributed by atoms with Gasteiger partial charge in [0.2, 0.25) is 0 Å². The highest BCUT2D eigenvalue weighted by Gasteiger charge is 2.18. The van der Waals surface area contributed by atoms with Crippen molar-refractivity contribution in [2.45, 2.75) is 19.6 Å². The van der Waals surface area contributed by atoms with Crippen LogP contribution in [0, 0.1) is 11.6 Å². The van der Waals surface area contributed by atoms with E-state index in [9.17, 15) is 8.78 Å². The predicted octanol–water partition coefficient (Wildman–Crippen LogP) is 2.88. The first kappa shape index (κ1) is 18.6. The maximum absolute atomic E-state index is 13.2. The van der Waals surface area contributed by atoms with Gasteiger partial charge >= 0.3 is 0 Å². The van der Waals surface area contributed by atoms with Crippen LogP contribution in [0.2, 0.25) is 0 Å². The molecule has 1 aromatic rings. The van der Waals surface area contributed by atoms with Gasteiger partial charge in [-0.3, -0.25) is 0 Å². The molecule has 2 N–H and O–H groups in total. The third-order valence-corrected chi connectivity index (χ3v) is 3.80. The Balaban J connectivity index is 0.00000220. The lowest BCUT2D eigenvalue weighted by Gasteiger charge is -2.31. The van der Waals surface area contributed by atoms with Gasteiger partial charge in [-0.05, 0) is 24.6 Å². The number of nitrogens with zero attached hydrogens (tertiary/aromatic N) is 2. The number of guanidine groups is 1. The maximum Gasteiger partial charge on any atom is 0.191 e. The summed E-state index contributed by atoms with van der Waals surface area (Å²) in [4.78, 5) is 6.15. The first-order chi connectivity index (χ1) is 9.47. The van der Waals surface area contributed by atoms with Gasteiger partial charge in [0.15, 0.2) is 17.6 Å². The van der Waals surface area contributed by atoms with E-state index in [2.05, 4.69) is 20.9 Å². The quantitative estimate of drug-likeness (QED) is 0.310. The third-order valence-electron chi connectivity index (χ3n) is 3.07. The minimum absolute atomic E-state index is 0. The molecule has 1 fully saturated rings. The summed E-state index contributed by atoms with van der Waals surface area (Å²) in [7, 11) is 0. The van der Waals surface area contributed by atoms with E-state index in [1.54, 1.807) is 0 Å². The number of halogens is 4. The summed E-state index contributed by atoms with van der Waals surface area (Å²) in [5, 5.41) is 0. The molecule has 0 spiro atoms. The fraction of sp³-hybridized carbons (Fsp3) is 0.462. The van der Waals surface area contributed by atoms with Gasteiger partial charge in [0.1, 0.15) is 0 Å². The van der Waals surface area contributed by atoms with Crippen LogP contribution in [-0.4, -0.2) is 36.7 Å². The Morgan fingerprint density at radius 2 is 2.14 bits per heavy atom. The summed E-state index contributed by atoms with van der Waals surface area (Å²) >= 11 is 3.19. The van der Waals surface area contributed by atoms with Crippen molar-refractivity contribution in [1.82, 2.24) is 4.90 Å². The lowest BCUT2D eigenvalue weighted by atomic mass is 10.2. The fourth-order valence-electron chi connectivity index (χ4n) is 1.98. The molecule has 0 amide bonds. The van der Waals surface area contributed by atoms with Gasteiger partial charge in [-0.15, -0.1) is 24.0 Å². The molecule has 21 heavy (non-hydrogen) atoms. The van der Waals surface area contributed by atoms with Crippen LogP contribution in [0.4, 0.5) is 8.78 Å². The van der Waals surface area contributed by atoms with Crippen molar-refractivity contribution in [3.63, 3.8) is 0 Å². The van der Waals surface area contributed by atoms with Gasteiger partial charge in [0.05, 0.1) is 19.3 Å². The van der Waals surface area contributed by atoms with E-state index in [1.807, 2.05) is 11.8 Å². The number of rotatable bonds is 2. The molecule has 1 aromatic carbocycles. The summed E-state index contributed by atoms with van der Waals surface area (Å²) in [6.07, 6.45) is 0.104. The van der Waals surface area contributed by atoms with Crippen molar-refractivity contribution >= 4 is 45.9 Å². The Morgan fingerprint density at radius 1 is 1.48 bits per heavy atom. The van der Waals surface area contributed by atoms with Gasteiger partial charge < -0.3 is 15.4 Å². The average molecular weight is 476 g/mol. The lowest BCUT2D eigenvalue weighted by molar-refractivity contribution is 0.00528. The van der Waals surface area contributed by atoms with Crippen LogP contribution < -0.4 is 5.73 Å². The molecule has 1 heterocycles. The normalized spacial score (nSPS) is 19.3. The molecule has 1 aliphatic heterocycles. The number of hydrogen-bond acceptors (Lipinski definition) is 2. The largest absolute Gasteiger partial charge is 0.375 e. The molecular weight excluding hydrogens is 459 g/mol. The molecule has 1 atom stereocenters. The molecular formula is C13H17BrF2IN3O. The number of ether oxygens (including phenoxy) is 1. The summed E-state index contributed by atoms with van der Waals surface area (Å²) in [6.45, 7) is 4.11. The van der Waals surface area contributed by atoms with Crippen molar-refractivity contribution in [2.75, 3.05) is 19.7 Å². The van der Waals surface area contributed by atoms with E-state index in [4.69, 9.17) is 10.5 Å². The van der Waals surface area contributed by atoms with Crippen molar-refractivity contribution < 1.29 is 13.5 Å². The van der Waals surface area contributed by atoms with Crippen LogP contribution in [0.15, 0.2) is 21.6 Å². The molecule has 118 valence electrons. The van der Waals surface area contributed by atoms with Crippen LogP contribution in [0.3, 0.4) is 0 Å². The summed E-state index contributed by atoms with van der Waals surface area (Å²) < 4.78 is 32.1. The van der Waals surface area contributed by atoms with E-state index in [0.29, 0.717) is 35.7 Å². The monoisotopic (exact) mass is 475 g/mol. The molecule has 1 aliphatic rings. The van der Waals surface area contributed by atoms with Gasteiger partial charge in [-0.2, -0.15) is 0 Å². The van der Waals surface area contributed by atoms with Crippen LogP contribution in [-0.2, 0) is 11.3 Å². The Morgan fingerprint density at radius 3 is 2.81 bits per heavy atom. The molecule has 0 saturated carbocycles. The van der Waals surface area contributed by atoms with E-state index in [1.165, 1.54) is 0 Å². The highest BCUT2D eigenvalue weighted by Crippen LogP contribution is 2.21. The minimum atomic E-state index is -0.892. The number of morpholine rings is 1. The maximum atomic E-state index is 13.2. The smallest absolute Gasteiger partial charge is 0.191 e. The SMILES string of the molecule is CC1CN(C(N)=NCc2cc(F)c(F)cc2Br)CCO1.I. The third kappa shape index (κ3) is 5.03. The predicted molar refractivity (Wildman–Crippen MR) is 91.8 cm³/mol. The molecule has 8 heteroatoms.